The Kier molecular flexibility index (Phi) is 4.76. The van der Waals surface area contributed by atoms with Gasteiger partial charge in [-0.1, -0.05) is 0 Å². The van der Waals surface area contributed by atoms with Crippen LogP contribution in [0.2, 0.25) is 0 Å². The quantitative estimate of drug-likeness (QED) is 0.794. The number of rotatable bonds is 4. The number of ether oxygens (including phenoxy) is 1. The highest BCUT2D eigenvalue weighted by molar-refractivity contribution is 7.94. The molecule has 0 spiro atoms. The molecule has 0 saturated carbocycles. The van der Waals surface area contributed by atoms with Gasteiger partial charge in [-0.05, 0) is 24.3 Å². The highest BCUT2D eigenvalue weighted by Crippen LogP contribution is 2.34. The first kappa shape index (κ1) is 18.1. The van der Waals surface area contributed by atoms with Crippen molar-refractivity contribution in [2.45, 2.75) is 10.4 Å². The van der Waals surface area contributed by atoms with Crippen molar-refractivity contribution in [3.05, 3.63) is 40.8 Å². The van der Waals surface area contributed by atoms with E-state index < -0.39 is 39.2 Å². The van der Waals surface area contributed by atoms with Gasteiger partial charge in [-0.3, -0.25) is 4.72 Å². The molecule has 0 aliphatic heterocycles. The lowest BCUT2D eigenvalue weighted by molar-refractivity contribution is -0.137. The second-order valence-corrected chi connectivity index (χ2v) is 7.48. The molecule has 24 heavy (non-hydrogen) atoms. The number of phenolic OH excluding ortho intramolecular Hbond substituents is 1. The topological polar surface area (TPSA) is 92.7 Å². The number of thiophene rings is 1. The van der Waals surface area contributed by atoms with Gasteiger partial charge in [0.25, 0.3) is 10.0 Å². The Morgan fingerprint density at radius 3 is 2.50 bits per heavy atom. The zero-order valence-corrected chi connectivity index (χ0v) is 13.6. The summed E-state index contributed by atoms with van der Waals surface area (Å²) in [4.78, 5) is 11.3. The van der Waals surface area contributed by atoms with Crippen LogP contribution in [0.3, 0.4) is 0 Å². The minimum atomic E-state index is -4.75. The van der Waals surface area contributed by atoms with Crippen molar-refractivity contribution >= 4 is 33.0 Å². The molecule has 0 radical (unpaired) electrons. The lowest BCUT2D eigenvalue weighted by atomic mass is 10.2. The predicted molar refractivity (Wildman–Crippen MR) is 79.6 cm³/mol. The van der Waals surface area contributed by atoms with Crippen molar-refractivity contribution in [3.8, 4) is 5.75 Å². The molecule has 0 saturated heterocycles. The number of methoxy groups -OCH3 is 1. The molecule has 2 N–H and O–H groups in total. The summed E-state index contributed by atoms with van der Waals surface area (Å²) in [7, 11) is -3.11. The fourth-order valence-electron chi connectivity index (χ4n) is 1.71. The minimum Gasteiger partial charge on any atom is -0.508 e. The third-order valence-corrected chi connectivity index (χ3v) is 5.67. The summed E-state index contributed by atoms with van der Waals surface area (Å²) in [5.41, 5.74) is -1.67. The Labute approximate surface area is 138 Å². The number of halogens is 3. The Balaban J connectivity index is 2.34. The normalized spacial score (nSPS) is 12.0. The summed E-state index contributed by atoms with van der Waals surface area (Å²) in [5, 5.41) is 9.34. The average molecular weight is 381 g/mol. The Bertz CT molecular complexity index is 874. The molecule has 0 aliphatic carbocycles. The first-order valence-corrected chi connectivity index (χ1v) is 8.45. The number of carbonyl (C=O) groups excluding carboxylic acids is 1. The van der Waals surface area contributed by atoms with Crippen molar-refractivity contribution in [2.24, 2.45) is 0 Å². The van der Waals surface area contributed by atoms with E-state index in [0.717, 1.165) is 19.2 Å². The van der Waals surface area contributed by atoms with Crippen molar-refractivity contribution in [1.29, 1.82) is 0 Å². The van der Waals surface area contributed by atoms with Crippen LogP contribution in [0, 0.1) is 0 Å². The second-order valence-electron chi connectivity index (χ2n) is 4.48. The van der Waals surface area contributed by atoms with Gasteiger partial charge in [0.05, 0.1) is 18.4 Å². The van der Waals surface area contributed by atoms with E-state index in [1.54, 1.807) is 0 Å². The fraction of sp³-hybridized carbons (Fsp3) is 0.154. The van der Waals surface area contributed by atoms with Crippen LogP contribution in [0.1, 0.15) is 15.2 Å². The van der Waals surface area contributed by atoms with Gasteiger partial charge < -0.3 is 9.84 Å². The number of sulfonamides is 1. The van der Waals surface area contributed by atoms with E-state index >= 15 is 0 Å². The van der Waals surface area contributed by atoms with Crippen LogP contribution in [0.5, 0.6) is 5.75 Å². The van der Waals surface area contributed by atoms with Gasteiger partial charge in [0, 0.05) is 6.07 Å². The smallest absolute Gasteiger partial charge is 0.416 e. The van der Waals surface area contributed by atoms with E-state index in [0.29, 0.717) is 23.5 Å². The molecule has 0 fully saturated rings. The average Bonchev–Trinajstić information content (AvgIpc) is 2.95. The lowest BCUT2D eigenvalue weighted by Crippen LogP contribution is -2.13. The summed E-state index contributed by atoms with van der Waals surface area (Å²) in [5.74, 6) is -1.48. The molecule has 0 atom stereocenters. The molecular weight excluding hydrogens is 371 g/mol. The van der Waals surface area contributed by atoms with Crippen molar-refractivity contribution in [3.63, 3.8) is 0 Å². The van der Waals surface area contributed by atoms with Gasteiger partial charge in [0.1, 0.15) is 14.8 Å². The SMILES string of the molecule is COC(=O)c1ccc(S(=O)(=O)Nc2cc(O)cc(C(F)(F)F)c2)s1. The van der Waals surface area contributed by atoms with Crippen LogP contribution >= 0.6 is 11.3 Å². The number of esters is 1. The van der Waals surface area contributed by atoms with Crippen molar-refractivity contribution in [2.75, 3.05) is 11.8 Å². The zero-order chi connectivity index (χ0) is 18.1. The summed E-state index contributed by atoms with van der Waals surface area (Å²) < 4.78 is 68.5. The number of anilines is 1. The molecule has 0 unspecified atom stereocenters. The molecule has 2 aromatic rings. The maximum Gasteiger partial charge on any atom is 0.416 e. The molecule has 1 aromatic heterocycles. The molecule has 0 amide bonds. The first-order chi connectivity index (χ1) is 11.0. The highest BCUT2D eigenvalue weighted by atomic mass is 32.2. The third kappa shape index (κ3) is 3.97. The highest BCUT2D eigenvalue weighted by Gasteiger charge is 2.32. The summed E-state index contributed by atoms with van der Waals surface area (Å²) in [6.07, 6.45) is -4.75. The standard InChI is InChI=1S/C13H10F3NO5S2/c1-22-12(19)10-2-3-11(23-10)24(20,21)17-8-4-7(13(14,15)16)5-9(18)6-8/h2-6,17-18H,1H3. The minimum absolute atomic E-state index is 0.0183. The number of alkyl halides is 3. The maximum absolute atomic E-state index is 12.7. The van der Waals surface area contributed by atoms with Crippen LogP contribution < -0.4 is 4.72 Å². The second kappa shape index (κ2) is 6.32. The van der Waals surface area contributed by atoms with E-state index in [2.05, 4.69) is 4.74 Å². The molecule has 130 valence electrons. The molecular formula is C13H10F3NO5S2. The lowest BCUT2D eigenvalue weighted by Gasteiger charge is -2.11. The first-order valence-electron chi connectivity index (χ1n) is 6.15. The van der Waals surface area contributed by atoms with E-state index in [1.807, 2.05) is 4.72 Å². The van der Waals surface area contributed by atoms with Gasteiger partial charge in [0.15, 0.2) is 0 Å². The Morgan fingerprint density at radius 2 is 1.92 bits per heavy atom. The van der Waals surface area contributed by atoms with E-state index in [9.17, 15) is 31.5 Å². The molecule has 0 bridgehead atoms. The van der Waals surface area contributed by atoms with Crippen LogP contribution in [0.15, 0.2) is 34.5 Å². The van der Waals surface area contributed by atoms with Gasteiger partial charge in [-0.2, -0.15) is 13.2 Å². The summed E-state index contributed by atoms with van der Waals surface area (Å²) >= 11 is 0.596. The third-order valence-electron chi connectivity index (χ3n) is 2.73. The van der Waals surface area contributed by atoms with Gasteiger partial charge in [-0.25, -0.2) is 13.2 Å². The number of hydrogen-bond acceptors (Lipinski definition) is 6. The summed E-state index contributed by atoms with van der Waals surface area (Å²) in [6, 6.07) is 4.19. The molecule has 1 aromatic carbocycles. The maximum atomic E-state index is 12.7. The molecule has 2 rings (SSSR count). The number of hydrogen-bond donors (Lipinski definition) is 2. The number of carbonyl (C=O) groups is 1. The number of benzene rings is 1. The van der Waals surface area contributed by atoms with E-state index in [-0.39, 0.29) is 9.09 Å². The number of phenols is 1. The van der Waals surface area contributed by atoms with Crippen LogP contribution in [0.25, 0.3) is 0 Å². The van der Waals surface area contributed by atoms with E-state index in [4.69, 9.17) is 0 Å². The number of aromatic hydroxyl groups is 1. The van der Waals surface area contributed by atoms with Crippen molar-refractivity contribution in [1.82, 2.24) is 0 Å². The van der Waals surface area contributed by atoms with Crippen molar-refractivity contribution < 1.29 is 36.2 Å². The summed E-state index contributed by atoms with van der Waals surface area (Å²) in [6.45, 7) is 0. The van der Waals surface area contributed by atoms with Crippen LogP contribution in [0.4, 0.5) is 18.9 Å². The molecule has 0 aliphatic rings. The zero-order valence-electron chi connectivity index (χ0n) is 11.9. The Hall–Kier alpha value is -2.27. The Morgan fingerprint density at radius 1 is 1.25 bits per heavy atom. The monoisotopic (exact) mass is 381 g/mol. The number of nitrogens with one attached hydrogen (secondary N) is 1. The van der Waals surface area contributed by atoms with Gasteiger partial charge in [-0.15, -0.1) is 11.3 Å². The molecule has 1 heterocycles. The van der Waals surface area contributed by atoms with Gasteiger partial charge >= 0.3 is 12.1 Å². The largest absolute Gasteiger partial charge is 0.508 e. The molecule has 11 heteroatoms. The predicted octanol–water partition coefficient (Wildman–Crippen LogP) is 3.06. The van der Waals surface area contributed by atoms with Gasteiger partial charge in [0.2, 0.25) is 0 Å². The molecule has 6 nitrogen and oxygen atoms in total. The van der Waals surface area contributed by atoms with E-state index in [1.165, 1.54) is 6.07 Å². The van der Waals surface area contributed by atoms with Crippen LogP contribution in [-0.4, -0.2) is 26.6 Å². The van der Waals surface area contributed by atoms with Crippen LogP contribution in [-0.2, 0) is 20.9 Å². The fourth-order valence-corrected chi connectivity index (χ4v) is 3.98.